The van der Waals surface area contributed by atoms with Gasteiger partial charge in [-0.3, -0.25) is 0 Å². The fraction of sp³-hybridized carbons (Fsp3) is 0.538. The molecule has 1 heterocycles. The molecule has 0 aliphatic carbocycles. The summed E-state index contributed by atoms with van der Waals surface area (Å²) in [6.45, 7) is 5.13. The fourth-order valence-electron chi connectivity index (χ4n) is 2.23. The largest absolute Gasteiger partial charge is 0.399 e. The van der Waals surface area contributed by atoms with Crippen LogP contribution in [-0.4, -0.2) is 36.8 Å². The Bertz CT molecular complexity index is 538. The van der Waals surface area contributed by atoms with Crippen LogP contribution in [0.4, 0.5) is 5.69 Å². The van der Waals surface area contributed by atoms with Crippen LogP contribution in [-0.2, 0) is 10.0 Å². The van der Waals surface area contributed by atoms with E-state index >= 15 is 0 Å². The molecule has 1 aliphatic rings. The number of aryl methyl sites for hydroxylation is 1. The van der Waals surface area contributed by atoms with E-state index in [0.717, 1.165) is 17.7 Å². The maximum absolute atomic E-state index is 12.6. The third-order valence-corrected chi connectivity index (χ3v) is 6.48. The van der Waals surface area contributed by atoms with Crippen LogP contribution in [0.2, 0.25) is 0 Å². The highest BCUT2D eigenvalue weighted by Gasteiger charge is 2.30. The number of anilines is 1. The van der Waals surface area contributed by atoms with Gasteiger partial charge in [0, 0.05) is 29.8 Å². The normalized spacial score (nSPS) is 21.5. The average molecular weight is 300 g/mol. The lowest BCUT2D eigenvalue weighted by Gasteiger charge is -2.31. The number of rotatable bonds is 3. The number of nitrogens with zero attached hydrogens (tertiary/aromatic N) is 1. The van der Waals surface area contributed by atoms with E-state index < -0.39 is 10.0 Å². The standard InChI is InChI=1S/C13H20N2O2S2/c1-3-12-9-15(4-5-18-12)19(16,17)13-7-10(2)6-11(14)8-13/h6-8,12H,3-5,9,14H2,1-2H3. The number of hydrogen-bond donors (Lipinski definition) is 1. The lowest BCUT2D eigenvalue weighted by molar-refractivity contribution is 0.416. The first-order chi connectivity index (χ1) is 8.93. The molecule has 1 atom stereocenters. The van der Waals surface area contributed by atoms with Crippen molar-refractivity contribution in [3.05, 3.63) is 23.8 Å². The SMILES string of the molecule is CCC1CN(S(=O)(=O)c2cc(C)cc(N)c2)CCS1. The predicted molar refractivity (Wildman–Crippen MR) is 80.9 cm³/mol. The summed E-state index contributed by atoms with van der Waals surface area (Å²) in [6, 6.07) is 5.01. The minimum atomic E-state index is -3.41. The molecule has 1 aliphatic heterocycles. The number of benzene rings is 1. The number of thioether (sulfide) groups is 1. The summed E-state index contributed by atoms with van der Waals surface area (Å²) in [5, 5.41) is 0.394. The molecule has 1 fully saturated rings. The van der Waals surface area contributed by atoms with Crippen molar-refractivity contribution < 1.29 is 8.42 Å². The van der Waals surface area contributed by atoms with Gasteiger partial charge in [-0.1, -0.05) is 6.92 Å². The summed E-state index contributed by atoms with van der Waals surface area (Å²) in [6.07, 6.45) is 0.993. The molecule has 0 amide bonds. The highest BCUT2D eigenvalue weighted by atomic mass is 32.2. The molecule has 0 aromatic heterocycles. The first-order valence-electron chi connectivity index (χ1n) is 6.42. The summed E-state index contributed by atoms with van der Waals surface area (Å²) in [5.41, 5.74) is 7.12. The van der Waals surface area contributed by atoms with Gasteiger partial charge in [-0.25, -0.2) is 8.42 Å². The molecule has 4 nitrogen and oxygen atoms in total. The Morgan fingerprint density at radius 3 is 2.79 bits per heavy atom. The zero-order chi connectivity index (χ0) is 14.0. The fourth-order valence-corrected chi connectivity index (χ4v) is 5.25. The Morgan fingerprint density at radius 2 is 2.16 bits per heavy atom. The molecule has 0 bridgehead atoms. The van der Waals surface area contributed by atoms with Gasteiger partial charge in [0.25, 0.3) is 0 Å². The lowest BCUT2D eigenvalue weighted by Crippen LogP contribution is -2.41. The van der Waals surface area contributed by atoms with Gasteiger partial charge in [-0.05, 0) is 37.1 Å². The maximum atomic E-state index is 12.6. The Kier molecular flexibility index (Phi) is 4.43. The van der Waals surface area contributed by atoms with Crippen molar-refractivity contribution in [2.24, 2.45) is 0 Å². The molecular formula is C13H20N2O2S2. The third kappa shape index (κ3) is 3.24. The van der Waals surface area contributed by atoms with Crippen molar-refractivity contribution in [3.63, 3.8) is 0 Å². The molecule has 1 saturated heterocycles. The second-order valence-corrected chi connectivity index (χ2v) is 8.19. The van der Waals surface area contributed by atoms with E-state index in [1.54, 1.807) is 22.5 Å². The third-order valence-electron chi connectivity index (χ3n) is 3.27. The van der Waals surface area contributed by atoms with Gasteiger partial charge in [0.15, 0.2) is 0 Å². The average Bonchev–Trinajstić information content (AvgIpc) is 2.37. The number of nitrogens with two attached hydrogens (primary N) is 1. The van der Waals surface area contributed by atoms with E-state index in [9.17, 15) is 8.42 Å². The van der Waals surface area contributed by atoms with Crippen LogP contribution in [0.5, 0.6) is 0 Å². The van der Waals surface area contributed by atoms with E-state index in [1.165, 1.54) is 0 Å². The molecule has 0 radical (unpaired) electrons. The highest BCUT2D eigenvalue weighted by Crippen LogP contribution is 2.27. The van der Waals surface area contributed by atoms with Gasteiger partial charge in [-0.15, -0.1) is 0 Å². The molecule has 0 spiro atoms. The molecule has 106 valence electrons. The van der Waals surface area contributed by atoms with Crippen molar-refractivity contribution in [1.29, 1.82) is 0 Å². The Labute approximate surface area is 119 Å². The first-order valence-corrected chi connectivity index (χ1v) is 8.91. The van der Waals surface area contributed by atoms with Gasteiger partial charge in [-0.2, -0.15) is 16.1 Å². The van der Waals surface area contributed by atoms with Crippen molar-refractivity contribution in [1.82, 2.24) is 4.31 Å². The molecule has 1 aromatic carbocycles. The van der Waals surface area contributed by atoms with Crippen molar-refractivity contribution in [3.8, 4) is 0 Å². The van der Waals surface area contributed by atoms with Crippen LogP contribution in [0.25, 0.3) is 0 Å². The minimum absolute atomic E-state index is 0.312. The summed E-state index contributed by atoms with van der Waals surface area (Å²) < 4.78 is 26.8. The quantitative estimate of drug-likeness (QED) is 0.868. The Morgan fingerprint density at radius 1 is 1.42 bits per heavy atom. The Balaban J connectivity index is 2.31. The van der Waals surface area contributed by atoms with E-state index in [2.05, 4.69) is 6.92 Å². The van der Waals surface area contributed by atoms with Crippen molar-refractivity contribution >= 4 is 27.5 Å². The van der Waals surface area contributed by atoms with Crippen LogP contribution in [0.15, 0.2) is 23.1 Å². The van der Waals surface area contributed by atoms with Gasteiger partial charge in [0.05, 0.1) is 4.90 Å². The summed E-state index contributed by atoms with van der Waals surface area (Å²) >= 11 is 1.85. The van der Waals surface area contributed by atoms with E-state index in [0.29, 0.717) is 28.9 Å². The lowest BCUT2D eigenvalue weighted by atomic mass is 10.2. The molecule has 0 saturated carbocycles. The van der Waals surface area contributed by atoms with Gasteiger partial charge >= 0.3 is 0 Å². The number of nitrogen functional groups attached to an aromatic ring is 1. The highest BCUT2D eigenvalue weighted by molar-refractivity contribution is 8.00. The van der Waals surface area contributed by atoms with Gasteiger partial charge < -0.3 is 5.73 Å². The monoisotopic (exact) mass is 300 g/mol. The Hall–Kier alpha value is -0.720. The van der Waals surface area contributed by atoms with Crippen LogP contribution in [0.3, 0.4) is 0 Å². The zero-order valence-electron chi connectivity index (χ0n) is 11.3. The van der Waals surface area contributed by atoms with E-state index in [-0.39, 0.29) is 0 Å². The zero-order valence-corrected chi connectivity index (χ0v) is 12.9. The molecule has 6 heteroatoms. The molecule has 1 unspecified atom stereocenters. The van der Waals surface area contributed by atoms with Crippen molar-refractivity contribution in [2.45, 2.75) is 30.4 Å². The molecule has 1 aromatic rings. The predicted octanol–water partition coefficient (Wildman–Crippen LogP) is 2.09. The number of sulfonamides is 1. The second kappa shape index (κ2) is 5.73. The van der Waals surface area contributed by atoms with Crippen LogP contribution in [0.1, 0.15) is 18.9 Å². The molecule has 2 rings (SSSR count). The van der Waals surface area contributed by atoms with Crippen LogP contribution >= 0.6 is 11.8 Å². The van der Waals surface area contributed by atoms with Gasteiger partial charge in [0.1, 0.15) is 0 Å². The molecular weight excluding hydrogens is 280 g/mol. The number of hydrogen-bond acceptors (Lipinski definition) is 4. The molecule has 2 N–H and O–H groups in total. The summed E-state index contributed by atoms with van der Waals surface area (Å²) in [5.74, 6) is 0.860. The summed E-state index contributed by atoms with van der Waals surface area (Å²) in [4.78, 5) is 0.312. The first kappa shape index (κ1) is 14.7. The van der Waals surface area contributed by atoms with Crippen molar-refractivity contribution in [2.75, 3.05) is 24.6 Å². The smallest absolute Gasteiger partial charge is 0.243 e. The van der Waals surface area contributed by atoms with E-state index in [4.69, 9.17) is 5.73 Å². The van der Waals surface area contributed by atoms with Gasteiger partial charge in [0.2, 0.25) is 10.0 Å². The maximum Gasteiger partial charge on any atom is 0.243 e. The molecule has 19 heavy (non-hydrogen) atoms. The minimum Gasteiger partial charge on any atom is -0.399 e. The van der Waals surface area contributed by atoms with E-state index in [1.807, 2.05) is 18.7 Å². The topological polar surface area (TPSA) is 63.4 Å². The van der Waals surface area contributed by atoms with Crippen LogP contribution < -0.4 is 5.73 Å². The second-order valence-electron chi connectivity index (χ2n) is 4.84. The summed E-state index contributed by atoms with van der Waals surface area (Å²) in [7, 11) is -3.41. The van der Waals surface area contributed by atoms with Crippen LogP contribution in [0, 0.1) is 6.92 Å².